The molecule has 88 valence electrons. The molecule has 5 heteroatoms. The van der Waals surface area contributed by atoms with Gasteiger partial charge in [0.05, 0.1) is 0 Å². The minimum absolute atomic E-state index is 0.340. The highest BCUT2D eigenvalue weighted by atomic mass is 32.2. The van der Waals surface area contributed by atoms with E-state index in [2.05, 4.69) is 0 Å². The molecular formula is C12H11NO2S2. The minimum atomic E-state index is -0.894. The van der Waals surface area contributed by atoms with Gasteiger partial charge < -0.3 is 10.8 Å². The number of carboxylic acids is 1. The predicted octanol–water partition coefficient (Wildman–Crippen LogP) is 3.42. The number of aromatic carboxylic acids is 1. The van der Waals surface area contributed by atoms with Crippen molar-refractivity contribution in [1.29, 1.82) is 0 Å². The Balaban J connectivity index is 2.39. The summed E-state index contributed by atoms with van der Waals surface area (Å²) in [7, 11) is 0. The maximum Gasteiger partial charge on any atom is 0.345 e. The summed E-state index contributed by atoms with van der Waals surface area (Å²) in [5.74, 6) is -0.894. The zero-order chi connectivity index (χ0) is 12.4. The van der Waals surface area contributed by atoms with Gasteiger partial charge in [-0.05, 0) is 36.1 Å². The van der Waals surface area contributed by atoms with Crippen LogP contribution in [-0.4, -0.2) is 17.3 Å². The van der Waals surface area contributed by atoms with Crippen LogP contribution in [0, 0.1) is 0 Å². The Morgan fingerprint density at radius 1 is 1.35 bits per heavy atom. The number of thiophene rings is 1. The van der Waals surface area contributed by atoms with Crippen LogP contribution < -0.4 is 5.73 Å². The number of thioether (sulfide) groups is 1. The van der Waals surface area contributed by atoms with Crippen LogP contribution in [0.2, 0.25) is 0 Å². The number of carbonyl (C=O) groups is 1. The number of carboxylic acid groups (broad SMARTS) is 1. The van der Waals surface area contributed by atoms with Gasteiger partial charge >= 0.3 is 5.97 Å². The van der Waals surface area contributed by atoms with Crippen molar-refractivity contribution >= 4 is 34.8 Å². The average molecular weight is 265 g/mol. The highest BCUT2D eigenvalue weighted by Crippen LogP contribution is 2.32. The van der Waals surface area contributed by atoms with Crippen molar-refractivity contribution in [3.63, 3.8) is 0 Å². The first-order valence-electron chi connectivity index (χ1n) is 4.89. The molecule has 0 bridgehead atoms. The first-order valence-corrected chi connectivity index (χ1v) is 6.93. The SMILES string of the molecule is CSc1ccc(-c2ccc(C(=O)O)s2)cc1N. The molecule has 1 aromatic carbocycles. The molecule has 1 aromatic heterocycles. The molecule has 0 spiro atoms. The van der Waals surface area contributed by atoms with Gasteiger partial charge in [-0.3, -0.25) is 0 Å². The van der Waals surface area contributed by atoms with Crippen LogP contribution in [0.25, 0.3) is 10.4 Å². The Morgan fingerprint density at radius 3 is 2.65 bits per heavy atom. The number of nitrogen functional groups attached to an aromatic ring is 1. The van der Waals surface area contributed by atoms with Crippen LogP contribution in [0.15, 0.2) is 35.2 Å². The molecular weight excluding hydrogens is 254 g/mol. The number of rotatable bonds is 3. The summed E-state index contributed by atoms with van der Waals surface area (Å²) in [6.07, 6.45) is 1.97. The topological polar surface area (TPSA) is 63.3 Å². The number of benzene rings is 1. The van der Waals surface area contributed by atoms with E-state index in [0.717, 1.165) is 21.0 Å². The molecule has 3 nitrogen and oxygen atoms in total. The third-order valence-electron chi connectivity index (χ3n) is 2.33. The van der Waals surface area contributed by atoms with Gasteiger partial charge in [-0.25, -0.2) is 4.79 Å². The fourth-order valence-electron chi connectivity index (χ4n) is 1.50. The van der Waals surface area contributed by atoms with E-state index in [0.29, 0.717) is 4.88 Å². The van der Waals surface area contributed by atoms with Crippen LogP contribution in [-0.2, 0) is 0 Å². The lowest BCUT2D eigenvalue weighted by Gasteiger charge is -2.04. The molecule has 0 aliphatic heterocycles. The van der Waals surface area contributed by atoms with Crippen molar-refractivity contribution in [2.75, 3.05) is 12.0 Å². The Labute approximate surface area is 107 Å². The van der Waals surface area contributed by atoms with Crippen molar-refractivity contribution in [2.24, 2.45) is 0 Å². The first kappa shape index (κ1) is 12.0. The number of anilines is 1. The highest BCUT2D eigenvalue weighted by Gasteiger charge is 2.09. The lowest BCUT2D eigenvalue weighted by Crippen LogP contribution is -1.89. The maximum absolute atomic E-state index is 10.8. The molecule has 0 saturated heterocycles. The number of hydrogen-bond acceptors (Lipinski definition) is 4. The Kier molecular flexibility index (Phi) is 3.40. The molecule has 0 unspecified atom stereocenters. The third kappa shape index (κ3) is 2.45. The number of hydrogen-bond donors (Lipinski definition) is 2. The van der Waals surface area contributed by atoms with Crippen molar-refractivity contribution in [3.8, 4) is 10.4 Å². The molecule has 3 N–H and O–H groups in total. The summed E-state index contributed by atoms with van der Waals surface area (Å²) in [4.78, 5) is 13.1. The molecule has 1 heterocycles. The summed E-state index contributed by atoms with van der Waals surface area (Å²) in [6, 6.07) is 9.21. The summed E-state index contributed by atoms with van der Waals surface area (Å²) in [5.41, 5.74) is 7.58. The normalized spacial score (nSPS) is 10.4. The van der Waals surface area contributed by atoms with E-state index in [1.165, 1.54) is 11.3 Å². The van der Waals surface area contributed by atoms with E-state index < -0.39 is 5.97 Å². The molecule has 17 heavy (non-hydrogen) atoms. The standard InChI is InChI=1S/C12H11NO2S2/c1-16-10-3-2-7(6-8(10)13)9-4-5-11(17-9)12(14)15/h2-6H,13H2,1H3,(H,14,15). The highest BCUT2D eigenvalue weighted by molar-refractivity contribution is 7.98. The number of nitrogens with two attached hydrogens (primary N) is 1. The van der Waals surface area contributed by atoms with Gasteiger partial charge in [0.1, 0.15) is 4.88 Å². The average Bonchev–Trinajstić information content (AvgIpc) is 2.78. The fourth-order valence-corrected chi connectivity index (χ4v) is 2.84. The molecule has 0 aliphatic rings. The molecule has 2 aromatic rings. The van der Waals surface area contributed by atoms with Gasteiger partial charge in [0.2, 0.25) is 0 Å². The Hall–Kier alpha value is -1.46. The quantitative estimate of drug-likeness (QED) is 0.659. The zero-order valence-electron chi connectivity index (χ0n) is 9.14. The van der Waals surface area contributed by atoms with Crippen molar-refractivity contribution < 1.29 is 9.90 Å². The largest absolute Gasteiger partial charge is 0.477 e. The van der Waals surface area contributed by atoms with Crippen LogP contribution in [0.1, 0.15) is 9.67 Å². The lowest BCUT2D eigenvalue weighted by molar-refractivity contribution is 0.0702. The van der Waals surface area contributed by atoms with Crippen molar-refractivity contribution in [3.05, 3.63) is 35.2 Å². The lowest BCUT2D eigenvalue weighted by atomic mass is 10.1. The molecule has 0 radical (unpaired) electrons. The van der Waals surface area contributed by atoms with Crippen LogP contribution >= 0.6 is 23.1 Å². The van der Waals surface area contributed by atoms with E-state index in [1.807, 2.05) is 30.5 Å². The van der Waals surface area contributed by atoms with E-state index >= 15 is 0 Å². The van der Waals surface area contributed by atoms with Gasteiger partial charge in [0, 0.05) is 15.5 Å². The molecule has 0 aliphatic carbocycles. The van der Waals surface area contributed by atoms with Gasteiger partial charge in [0.25, 0.3) is 0 Å². The van der Waals surface area contributed by atoms with Crippen LogP contribution in [0.4, 0.5) is 5.69 Å². The monoisotopic (exact) mass is 265 g/mol. The summed E-state index contributed by atoms with van der Waals surface area (Å²) >= 11 is 2.85. The van der Waals surface area contributed by atoms with Crippen molar-refractivity contribution in [2.45, 2.75) is 4.90 Å². The summed E-state index contributed by atoms with van der Waals surface area (Å²) in [6.45, 7) is 0. The third-order valence-corrected chi connectivity index (χ3v) is 4.26. The van der Waals surface area contributed by atoms with Gasteiger partial charge in [-0.15, -0.1) is 23.1 Å². The van der Waals surface area contributed by atoms with Gasteiger partial charge in [-0.2, -0.15) is 0 Å². The second-order valence-corrected chi connectivity index (χ2v) is 5.36. The van der Waals surface area contributed by atoms with E-state index in [1.54, 1.807) is 17.8 Å². The predicted molar refractivity (Wildman–Crippen MR) is 72.9 cm³/mol. The van der Waals surface area contributed by atoms with Crippen LogP contribution in [0.3, 0.4) is 0 Å². The summed E-state index contributed by atoms with van der Waals surface area (Å²) < 4.78 is 0. The first-order chi connectivity index (χ1) is 8.11. The van der Waals surface area contributed by atoms with Gasteiger partial charge in [-0.1, -0.05) is 6.07 Å². The molecule has 0 amide bonds. The Morgan fingerprint density at radius 2 is 2.12 bits per heavy atom. The smallest absolute Gasteiger partial charge is 0.345 e. The fraction of sp³-hybridized carbons (Fsp3) is 0.0833. The van der Waals surface area contributed by atoms with E-state index in [4.69, 9.17) is 10.8 Å². The zero-order valence-corrected chi connectivity index (χ0v) is 10.8. The van der Waals surface area contributed by atoms with E-state index in [-0.39, 0.29) is 0 Å². The van der Waals surface area contributed by atoms with Crippen LogP contribution in [0.5, 0.6) is 0 Å². The molecule has 2 rings (SSSR count). The minimum Gasteiger partial charge on any atom is -0.477 e. The van der Waals surface area contributed by atoms with E-state index in [9.17, 15) is 4.79 Å². The molecule has 0 fully saturated rings. The molecule has 0 atom stereocenters. The molecule has 0 saturated carbocycles. The van der Waals surface area contributed by atoms with Gasteiger partial charge in [0.15, 0.2) is 0 Å². The van der Waals surface area contributed by atoms with Crippen molar-refractivity contribution in [1.82, 2.24) is 0 Å². The summed E-state index contributed by atoms with van der Waals surface area (Å²) in [5, 5.41) is 8.86. The maximum atomic E-state index is 10.8. The Bertz CT molecular complexity index is 563. The second kappa shape index (κ2) is 4.81. The second-order valence-electron chi connectivity index (χ2n) is 3.43.